The molecule has 2 aliphatic rings. The van der Waals surface area contributed by atoms with E-state index in [9.17, 15) is 4.79 Å². The molecule has 0 aromatic carbocycles. The fourth-order valence-corrected chi connectivity index (χ4v) is 2.81. The topological polar surface area (TPSA) is 35.6 Å². The number of urea groups is 1. The van der Waals surface area contributed by atoms with Crippen molar-refractivity contribution < 1.29 is 4.79 Å². The van der Waals surface area contributed by atoms with Crippen LogP contribution in [0.25, 0.3) is 0 Å². The Bertz CT molecular complexity index is 249. The smallest absolute Gasteiger partial charge is 0.317 e. The summed E-state index contributed by atoms with van der Waals surface area (Å²) in [5, 5.41) is 3.10. The monoisotopic (exact) mass is 239 g/mol. The van der Waals surface area contributed by atoms with Gasteiger partial charge in [0.1, 0.15) is 0 Å². The second kappa shape index (κ2) is 6.24. The van der Waals surface area contributed by atoms with Gasteiger partial charge < -0.3 is 15.1 Å². The van der Waals surface area contributed by atoms with Gasteiger partial charge in [-0.2, -0.15) is 0 Å². The van der Waals surface area contributed by atoms with Gasteiger partial charge >= 0.3 is 6.03 Å². The van der Waals surface area contributed by atoms with Gasteiger partial charge in [-0.3, -0.25) is 0 Å². The maximum Gasteiger partial charge on any atom is 0.317 e. The summed E-state index contributed by atoms with van der Waals surface area (Å²) in [7, 11) is 2.15. The van der Waals surface area contributed by atoms with Gasteiger partial charge in [-0.15, -0.1) is 0 Å². The number of carbonyl (C=O) groups is 1. The Balaban J connectivity index is 1.69. The van der Waals surface area contributed by atoms with Crippen LogP contribution in [0.5, 0.6) is 0 Å². The first kappa shape index (κ1) is 12.7. The Hall–Kier alpha value is -0.770. The number of hydrogen-bond acceptors (Lipinski definition) is 2. The average molecular weight is 239 g/mol. The van der Waals surface area contributed by atoms with Crippen LogP contribution in [0, 0.1) is 5.92 Å². The third kappa shape index (κ3) is 3.87. The molecule has 1 unspecified atom stereocenters. The first-order valence-electron chi connectivity index (χ1n) is 6.97. The molecule has 98 valence electrons. The highest BCUT2D eigenvalue weighted by molar-refractivity contribution is 5.74. The predicted molar refractivity (Wildman–Crippen MR) is 69.0 cm³/mol. The van der Waals surface area contributed by atoms with E-state index in [1.807, 2.05) is 4.90 Å². The minimum absolute atomic E-state index is 0.154. The van der Waals surface area contributed by atoms with E-state index in [0.717, 1.165) is 26.2 Å². The van der Waals surface area contributed by atoms with Crippen molar-refractivity contribution in [3.63, 3.8) is 0 Å². The Morgan fingerprint density at radius 3 is 2.47 bits per heavy atom. The molecule has 17 heavy (non-hydrogen) atoms. The molecule has 2 aliphatic heterocycles. The van der Waals surface area contributed by atoms with Crippen LogP contribution in [0.1, 0.15) is 32.1 Å². The first-order chi connectivity index (χ1) is 8.25. The molecule has 2 rings (SSSR count). The molecule has 0 bridgehead atoms. The van der Waals surface area contributed by atoms with E-state index >= 15 is 0 Å². The zero-order valence-electron chi connectivity index (χ0n) is 11.0. The van der Waals surface area contributed by atoms with E-state index < -0.39 is 0 Å². The summed E-state index contributed by atoms with van der Waals surface area (Å²) in [5.41, 5.74) is 0. The van der Waals surface area contributed by atoms with E-state index in [-0.39, 0.29) is 6.03 Å². The lowest BCUT2D eigenvalue weighted by Gasteiger charge is -2.22. The molecule has 4 nitrogen and oxygen atoms in total. The van der Waals surface area contributed by atoms with Gasteiger partial charge in [0, 0.05) is 26.2 Å². The number of likely N-dealkylation sites (tertiary alicyclic amines) is 2. The molecule has 1 N–H and O–H groups in total. The largest absolute Gasteiger partial charge is 0.338 e. The minimum Gasteiger partial charge on any atom is -0.338 e. The van der Waals surface area contributed by atoms with Crippen molar-refractivity contribution in [2.45, 2.75) is 32.1 Å². The molecule has 0 spiro atoms. The van der Waals surface area contributed by atoms with Gasteiger partial charge in [0.05, 0.1) is 0 Å². The summed E-state index contributed by atoms with van der Waals surface area (Å²) >= 11 is 0. The first-order valence-corrected chi connectivity index (χ1v) is 6.97. The van der Waals surface area contributed by atoms with Crippen LogP contribution in [-0.2, 0) is 0 Å². The number of carbonyl (C=O) groups excluding carboxylic acids is 1. The third-order valence-corrected chi connectivity index (χ3v) is 3.92. The van der Waals surface area contributed by atoms with Gasteiger partial charge in [0.2, 0.25) is 0 Å². The molecule has 0 aliphatic carbocycles. The van der Waals surface area contributed by atoms with Crippen molar-refractivity contribution in [2.75, 3.05) is 39.8 Å². The van der Waals surface area contributed by atoms with Crippen molar-refractivity contribution in [3.8, 4) is 0 Å². The normalized spacial score (nSPS) is 26.9. The van der Waals surface area contributed by atoms with Crippen molar-refractivity contribution >= 4 is 6.03 Å². The van der Waals surface area contributed by atoms with Crippen LogP contribution in [0.15, 0.2) is 0 Å². The Kier molecular flexibility index (Phi) is 4.66. The molecule has 4 heteroatoms. The highest BCUT2D eigenvalue weighted by Gasteiger charge is 2.21. The van der Waals surface area contributed by atoms with Gasteiger partial charge in [0.15, 0.2) is 0 Å². The number of nitrogens with one attached hydrogen (secondary N) is 1. The third-order valence-electron chi connectivity index (χ3n) is 3.92. The van der Waals surface area contributed by atoms with Crippen LogP contribution in [0.3, 0.4) is 0 Å². The lowest BCUT2D eigenvalue weighted by Crippen LogP contribution is -2.42. The summed E-state index contributed by atoms with van der Waals surface area (Å²) in [6.07, 6.45) is 6.10. The summed E-state index contributed by atoms with van der Waals surface area (Å²) in [4.78, 5) is 16.3. The molecule has 0 aromatic heterocycles. The van der Waals surface area contributed by atoms with Gasteiger partial charge in [-0.25, -0.2) is 4.79 Å². The number of rotatable bonds is 2. The number of amides is 2. The Morgan fingerprint density at radius 2 is 1.88 bits per heavy atom. The lowest BCUT2D eigenvalue weighted by atomic mass is 10.1. The minimum atomic E-state index is 0.154. The van der Waals surface area contributed by atoms with Crippen LogP contribution in [0.2, 0.25) is 0 Å². The average Bonchev–Trinajstić information content (AvgIpc) is 2.58. The molecule has 2 fully saturated rings. The number of nitrogens with zero attached hydrogens (tertiary/aromatic N) is 2. The second-order valence-corrected chi connectivity index (χ2v) is 5.50. The van der Waals surface area contributed by atoms with Gasteiger partial charge in [0.25, 0.3) is 0 Å². The summed E-state index contributed by atoms with van der Waals surface area (Å²) in [6.45, 7) is 5.02. The molecule has 2 saturated heterocycles. The van der Waals surface area contributed by atoms with Crippen LogP contribution in [0.4, 0.5) is 4.79 Å². The SMILES string of the molecule is CN1CCC(CNC(=O)N2CCCCCC2)C1. The fourth-order valence-electron chi connectivity index (χ4n) is 2.81. The van der Waals surface area contributed by atoms with Gasteiger partial charge in [-0.1, -0.05) is 12.8 Å². The molecular weight excluding hydrogens is 214 g/mol. The van der Waals surface area contributed by atoms with Crippen LogP contribution >= 0.6 is 0 Å². The van der Waals surface area contributed by atoms with Crippen molar-refractivity contribution in [2.24, 2.45) is 5.92 Å². The summed E-state index contributed by atoms with van der Waals surface area (Å²) in [6, 6.07) is 0.154. The highest BCUT2D eigenvalue weighted by atomic mass is 16.2. The Morgan fingerprint density at radius 1 is 1.18 bits per heavy atom. The van der Waals surface area contributed by atoms with E-state index in [1.165, 1.54) is 38.6 Å². The lowest BCUT2D eigenvalue weighted by molar-refractivity contribution is 0.198. The molecule has 2 amide bonds. The van der Waals surface area contributed by atoms with E-state index in [4.69, 9.17) is 0 Å². The quantitative estimate of drug-likeness (QED) is 0.793. The van der Waals surface area contributed by atoms with E-state index in [1.54, 1.807) is 0 Å². The zero-order valence-corrected chi connectivity index (χ0v) is 11.0. The van der Waals surface area contributed by atoms with Crippen molar-refractivity contribution in [1.29, 1.82) is 0 Å². The molecule has 0 saturated carbocycles. The highest BCUT2D eigenvalue weighted by Crippen LogP contribution is 2.13. The van der Waals surface area contributed by atoms with E-state index in [2.05, 4.69) is 17.3 Å². The zero-order chi connectivity index (χ0) is 12.1. The Labute approximate surface area is 104 Å². The maximum atomic E-state index is 12.0. The standard InChI is InChI=1S/C13H25N3O/c1-15-9-6-12(11-15)10-14-13(17)16-7-4-2-3-5-8-16/h12H,2-11H2,1H3,(H,14,17). The fraction of sp³-hybridized carbons (Fsp3) is 0.923. The molecule has 0 aromatic rings. The molecular formula is C13H25N3O. The molecule has 0 radical (unpaired) electrons. The van der Waals surface area contributed by atoms with Crippen LogP contribution in [-0.4, -0.2) is 55.6 Å². The van der Waals surface area contributed by atoms with E-state index in [0.29, 0.717) is 5.92 Å². The van der Waals surface area contributed by atoms with Gasteiger partial charge in [-0.05, 0) is 38.8 Å². The molecule has 1 atom stereocenters. The van der Waals surface area contributed by atoms with Crippen molar-refractivity contribution in [1.82, 2.24) is 15.1 Å². The summed E-state index contributed by atoms with van der Waals surface area (Å²) in [5.74, 6) is 0.649. The predicted octanol–water partition coefficient (Wildman–Crippen LogP) is 1.52. The number of hydrogen-bond donors (Lipinski definition) is 1. The van der Waals surface area contributed by atoms with Crippen LogP contribution < -0.4 is 5.32 Å². The second-order valence-electron chi connectivity index (χ2n) is 5.50. The maximum absolute atomic E-state index is 12.0. The summed E-state index contributed by atoms with van der Waals surface area (Å²) < 4.78 is 0. The molecule has 2 heterocycles. The van der Waals surface area contributed by atoms with Crippen molar-refractivity contribution in [3.05, 3.63) is 0 Å².